The quantitative estimate of drug-likeness (QED) is 0.400. The number of carbonyl (C=O) groups excluding carboxylic acids is 1. The summed E-state index contributed by atoms with van der Waals surface area (Å²) in [6.07, 6.45) is 4.88. The molecule has 0 saturated carbocycles. The first-order valence-corrected chi connectivity index (χ1v) is 11.6. The minimum Gasteiger partial charge on any atom is -0.454 e. The van der Waals surface area contributed by atoms with Crippen LogP contribution in [0, 0.1) is 5.82 Å². The van der Waals surface area contributed by atoms with Gasteiger partial charge in [0.25, 0.3) is 5.56 Å². The van der Waals surface area contributed by atoms with E-state index in [0.717, 1.165) is 16.7 Å². The van der Waals surface area contributed by atoms with Crippen molar-refractivity contribution in [1.82, 2.24) is 19.9 Å². The van der Waals surface area contributed by atoms with Crippen molar-refractivity contribution in [3.05, 3.63) is 88.9 Å². The number of hydrogen-bond acceptors (Lipinski definition) is 7. The molecular weight excluding hydrogens is 477 g/mol. The van der Waals surface area contributed by atoms with Crippen LogP contribution in [0.15, 0.2) is 71.9 Å². The van der Waals surface area contributed by atoms with Crippen LogP contribution in [0.4, 0.5) is 10.2 Å². The Labute approximate surface area is 211 Å². The van der Waals surface area contributed by atoms with E-state index in [0.29, 0.717) is 22.8 Å². The molecule has 188 valence electrons. The van der Waals surface area contributed by atoms with Gasteiger partial charge in [0.05, 0.1) is 24.5 Å². The summed E-state index contributed by atoms with van der Waals surface area (Å²) in [5, 5.41) is 5.42. The predicted molar refractivity (Wildman–Crippen MR) is 136 cm³/mol. The van der Waals surface area contributed by atoms with E-state index in [2.05, 4.69) is 20.6 Å². The zero-order chi connectivity index (χ0) is 25.9. The first-order chi connectivity index (χ1) is 17.9. The minimum atomic E-state index is -0.519. The highest BCUT2D eigenvalue weighted by molar-refractivity contribution is 5.93. The summed E-state index contributed by atoms with van der Waals surface area (Å²) in [6.45, 7) is 2.00. The van der Waals surface area contributed by atoms with E-state index in [1.807, 2.05) is 24.3 Å². The number of likely N-dealkylation sites (N-methyl/N-ethyl adjacent to an activating group) is 1. The highest BCUT2D eigenvalue weighted by Crippen LogP contribution is 2.36. The number of pyridine rings is 1. The summed E-state index contributed by atoms with van der Waals surface area (Å²) in [5.41, 5.74) is 3.04. The molecule has 0 aliphatic carbocycles. The lowest BCUT2D eigenvalue weighted by molar-refractivity contribution is -0.117. The molecule has 0 radical (unpaired) electrons. The zero-order valence-corrected chi connectivity index (χ0v) is 20.2. The van der Waals surface area contributed by atoms with Gasteiger partial charge in [-0.2, -0.15) is 0 Å². The largest absolute Gasteiger partial charge is 0.454 e. The van der Waals surface area contributed by atoms with Crippen LogP contribution in [0.5, 0.6) is 11.5 Å². The Bertz CT molecular complexity index is 1520. The van der Waals surface area contributed by atoms with Gasteiger partial charge in [-0.15, -0.1) is 0 Å². The number of aromatic nitrogens is 3. The van der Waals surface area contributed by atoms with E-state index in [9.17, 15) is 14.0 Å². The maximum absolute atomic E-state index is 13.6. The summed E-state index contributed by atoms with van der Waals surface area (Å²) >= 11 is 0. The summed E-state index contributed by atoms with van der Waals surface area (Å²) < 4.78 is 25.9. The van der Waals surface area contributed by atoms with Crippen LogP contribution in [0.1, 0.15) is 12.5 Å². The number of rotatable bonds is 7. The third-order valence-corrected chi connectivity index (χ3v) is 6.10. The summed E-state index contributed by atoms with van der Waals surface area (Å²) in [4.78, 5) is 34.5. The second kappa shape index (κ2) is 10.2. The number of nitrogens with zero attached hydrogens (tertiary/aromatic N) is 3. The van der Waals surface area contributed by atoms with Gasteiger partial charge in [-0.1, -0.05) is 6.07 Å². The number of hydrogen-bond donors (Lipinski definition) is 2. The summed E-state index contributed by atoms with van der Waals surface area (Å²) in [5.74, 6) is 0.457. The Kier molecular flexibility index (Phi) is 6.65. The molecular formula is C27H24FN5O4. The van der Waals surface area contributed by atoms with Crippen molar-refractivity contribution in [1.29, 1.82) is 0 Å². The first kappa shape index (κ1) is 24.1. The number of halogens is 1. The third kappa shape index (κ3) is 5.05. The third-order valence-electron chi connectivity index (χ3n) is 6.10. The molecule has 5 rings (SSSR count). The fraction of sp³-hybridized carbons (Fsp3) is 0.185. The van der Waals surface area contributed by atoms with Crippen LogP contribution in [-0.4, -0.2) is 40.3 Å². The minimum absolute atomic E-state index is 0.0992. The number of amides is 1. The van der Waals surface area contributed by atoms with Crippen molar-refractivity contribution < 1.29 is 18.7 Å². The van der Waals surface area contributed by atoms with Crippen molar-refractivity contribution >= 4 is 11.7 Å². The van der Waals surface area contributed by atoms with Gasteiger partial charge in [0.2, 0.25) is 12.7 Å². The number of ether oxygens (including phenoxy) is 2. The van der Waals surface area contributed by atoms with Crippen molar-refractivity contribution in [2.75, 3.05) is 19.2 Å². The lowest BCUT2D eigenvalue weighted by atomic mass is 10.1. The molecule has 0 fully saturated rings. The lowest BCUT2D eigenvalue weighted by Crippen LogP contribution is -2.38. The Morgan fingerprint density at radius 3 is 2.57 bits per heavy atom. The first-order valence-electron chi connectivity index (χ1n) is 11.6. The molecule has 1 atom stereocenters. The topological polar surface area (TPSA) is 107 Å². The van der Waals surface area contributed by atoms with Gasteiger partial charge in [-0.25, -0.2) is 9.37 Å². The molecule has 4 aromatic rings. The summed E-state index contributed by atoms with van der Waals surface area (Å²) in [6, 6.07) is 12.8. The molecule has 2 aromatic carbocycles. The fourth-order valence-corrected chi connectivity index (χ4v) is 3.93. The van der Waals surface area contributed by atoms with Gasteiger partial charge in [-0.3, -0.25) is 19.1 Å². The van der Waals surface area contributed by atoms with Gasteiger partial charge < -0.3 is 20.1 Å². The lowest BCUT2D eigenvalue weighted by Gasteiger charge is -2.16. The maximum atomic E-state index is 13.6. The molecule has 0 spiro atoms. The molecule has 1 aliphatic rings. The Balaban J connectivity index is 1.54. The number of fused-ring (bicyclic) bond motifs is 1. The molecule has 2 N–H and O–H groups in total. The van der Waals surface area contributed by atoms with E-state index < -0.39 is 17.4 Å². The average molecular weight is 502 g/mol. The van der Waals surface area contributed by atoms with E-state index in [4.69, 9.17) is 9.47 Å². The van der Waals surface area contributed by atoms with Crippen LogP contribution in [0.3, 0.4) is 0 Å². The Morgan fingerprint density at radius 1 is 1.03 bits per heavy atom. The molecule has 37 heavy (non-hydrogen) atoms. The molecule has 0 saturated heterocycles. The van der Waals surface area contributed by atoms with E-state index >= 15 is 0 Å². The summed E-state index contributed by atoms with van der Waals surface area (Å²) in [7, 11) is 1.65. The normalized spacial score (nSPS) is 12.8. The van der Waals surface area contributed by atoms with E-state index in [1.54, 1.807) is 38.5 Å². The molecule has 9 nitrogen and oxygen atoms in total. The monoisotopic (exact) mass is 501 g/mol. The Hall–Kier alpha value is -4.57. The average Bonchev–Trinajstić information content (AvgIpc) is 3.39. The standard InChI is InChI=1S/C27H24FN5O4/c1-16(29-2)26(34)32-25-27(35)33(22(13-31-25)18-3-6-21(28)7-4-18)14-17-9-20(12-30-11-17)19-5-8-23-24(10-19)37-15-36-23/h3-13,16,29H,14-15H2,1-2H3,(H,31,32,34)/t16-/m0/s1. The second-order valence-corrected chi connectivity index (χ2v) is 8.54. The number of nitrogens with one attached hydrogen (secondary N) is 2. The van der Waals surface area contributed by atoms with Crippen molar-refractivity contribution in [3.63, 3.8) is 0 Å². The van der Waals surface area contributed by atoms with E-state index in [1.165, 1.54) is 22.9 Å². The molecule has 0 unspecified atom stereocenters. The second-order valence-electron chi connectivity index (χ2n) is 8.54. The highest BCUT2D eigenvalue weighted by atomic mass is 19.1. The van der Waals surface area contributed by atoms with E-state index in [-0.39, 0.29) is 25.1 Å². The number of benzene rings is 2. The maximum Gasteiger partial charge on any atom is 0.294 e. The van der Waals surface area contributed by atoms with Crippen molar-refractivity contribution in [3.8, 4) is 33.9 Å². The zero-order valence-electron chi connectivity index (χ0n) is 20.2. The van der Waals surface area contributed by atoms with Crippen LogP contribution in [0.2, 0.25) is 0 Å². The van der Waals surface area contributed by atoms with Crippen LogP contribution >= 0.6 is 0 Å². The Morgan fingerprint density at radius 2 is 1.78 bits per heavy atom. The fourth-order valence-electron chi connectivity index (χ4n) is 3.93. The van der Waals surface area contributed by atoms with Crippen LogP contribution < -0.4 is 25.7 Å². The molecule has 2 aromatic heterocycles. The van der Waals surface area contributed by atoms with Gasteiger partial charge in [-0.05, 0) is 67.6 Å². The van der Waals surface area contributed by atoms with Gasteiger partial charge in [0, 0.05) is 23.5 Å². The smallest absolute Gasteiger partial charge is 0.294 e. The number of anilines is 1. The van der Waals surface area contributed by atoms with Crippen LogP contribution in [0.25, 0.3) is 22.4 Å². The SMILES string of the molecule is CN[C@@H](C)C(=O)Nc1ncc(-c2ccc(F)cc2)n(Cc2cncc(-c3ccc4c(c3)OCO4)c2)c1=O. The van der Waals surface area contributed by atoms with Crippen molar-refractivity contribution in [2.45, 2.75) is 19.5 Å². The van der Waals surface area contributed by atoms with Gasteiger partial charge in [0.1, 0.15) is 5.82 Å². The van der Waals surface area contributed by atoms with Gasteiger partial charge >= 0.3 is 0 Å². The highest BCUT2D eigenvalue weighted by Gasteiger charge is 2.18. The van der Waals surface area contributed by atoms with Crippen LogP contribution in [-0.2, 0) is 11.3 Å². The molecule has 0 bridgehead atoms. The van der Waals surface area contributed by atoms with Gasteiger partial charge in [0.15, 0.2) is 17.3 Å². The number of carbonyl (C=O) groups is 1. The van der Waals surface area contributed by atoms with Crippen molar-refractivity contribution in [2.24, 2.45) is 0 Å². The predicted octanol–water partition coefficient (Wildman–Crippen LogP) is 3.43. The molecule has 1 amide bonds. The molecule has 3 heterocycles. The molecule has 10 heteroatoms. The molecule has 1 aliphatic heterocycles.